The minimum absolute atomic E-state index is 0.850. The van der Waals surface area contributed by atoms with Gasteiger partial charge in [-0.2, -0.15) is 0 Å². The quantitative estimate of drug-likeness (QED) is 0.332. The van der Waals surface area contributed by atoms with E-state index >= 15 is 0 Å². The van der Waals surface area contributed by atoms with Crippen molar-refractivity contribution in [2.45, 2.75) is 13.3 Å². The fraction of sp³-hybridized carbons (Fsp3) is 0.0769. The molecule has 30 heavy (non-hydrogen) atoms. The fourth-order valence-corrected chi connectivity index (χ4v) is 3.68. The van der Waals surface area contributed by atoms with E-state index in [1.165, 1.54) is 11.1 Å². The number of hydrogen-bond acceptors (Lipinski definition) is 2. The molecule has 0 bridgehead atoms. The number of imidazole rings is 1. The second kappa shape index (κ2) is 8.62. The first kappa shape index (κ1) is 19.4. The Balaban J connectivity index is 1.89. The fourth-order valence-electron chi connectivity index (χ4n) is 3.68. The van der Waals surface area contributed by atoms with E-state index in [4.69, 9.17) is 5.11 Å². The molecule has 4 rings (SSSR count). The molecule has 0 spiro atoms. The lowest BCUT2D eigenvalue weighted by molar-refractivity contribution is -0.131. The molecular formula is C26H22N2O2. The summed E-state index contributed by atoms with van der Waals surface area (Å²) in [6.45, 7) is 2.17. The van der Waals surface area contributed by atoms with Gasteiger partial charge >= 0.3 is 5.97 Å². The number of carboxylic acid groups (broad SMARTS) is 1. The molecule has 148 valence electrons. The van der Waals surface area contributed by atoms with Crippen LogP contribution in [0.2, 0.25) is 0 Å². The number of hydrogen-bond donors (Lipinski definition) is 1. The molecule has 0 aliphatic carbocycles. The maximum absolute atomic E-state index is 10.8. The molecule has 0 atom stereocenters. The molecule has 2 aromatic carbocycles. The van der Waals surface area contributed by atoms with E-state index in [2.05, 4.69) is 54.5 Å². The molecule has 4 heteroatoms. The number of aliphatic carboxylic acids is 1. The Morgan fingerprint density at radius 3 is 2.40 bits per heavy atom. The molecule has 2 aromatic heterocycles. The summed E-state index contributed by atoms with van der Waals surface area (Å²) in [5.41, 5.74) is 7.69. The number of nitrogens with zero attached hydrogens (tertiary/aromatic N) is 2. The standard InChI is InChI=1S/C26H22N2O2/c1-2-24(20-6-4-3-5-7-20)26(22-13-14-23-16-27-18-28(23)17-22)21-11-8-19(9-12-21)10-15-25(29)30/h3-18H,2H2,1H3,(H,29,30). The van der Waals surface area contributed by atoms with Crippen LogP contribution in [0.5, 0.6) is 0 Å². The molecule has 0 saturated carbocycles. The van der Waals surface area contributed by atoms with E-state index in [1.54, 1.807) is 6.08 Å². The smallest absolute Gasteiger partial charge is 0.328 e. The Bertz CT molecular complexity index is 1230. The third kappa shape index (κ3) is 4.08. The number of carbonyl (C=O) groups is 1. The minimum Gasteiger partial charge on any atom is -0.478 e. The first-order valence-electron chi connectivity index (χ1n) is 9.88. The summed E-state index contributed by atoms with van der Waals surface area (Å²) in [6.07, 6.45) is 9.39. The summed E-state index contributed by atoms with van der Waals surface area (Å²) in [7, 11) is 0. The van der Waals surface area contributed by atoms with Crippen LogP contribution in [0.4, 0.5) is 0 Å². The van der Waals surface area contributed by atoms with Crippen molar-refractivity contribution >= 4 is 28.7 Å². The second-order valence-corrected chi connectivity index (χ2v) is 7.01. The Morgan fingerprint density at radius 2 is 1.70 bits per heavy atom. The van der Waals surface area contributed by atoms with Gasteiger partial charge in [0.25, 0.3) is 0 Å². The molecule has 0 aliphatic heterocycles. The zero-order valence-corrected chi connectivity index (χ0v) is 16.7. The summed E-state index contributed by atoms with van der Waals surface area (Å²) in [5.74, 6) is -0.953. The maximum Gasteiger partial charge on any atom is 0.328 e. The van der Waals surface area contributed by atoms with Gasteiger partial charge < -0.3 is 9.51 Å². The van der Waals surface area contributed by atoms with Crippen LogP contribution in [0.3, 0.4) is 0 Å². The monoisotopic (exact) mass is 394 g/mol. The SMILES string of the molecule is CCC(=C(c1ccc(C=CC(=O)O)cc1)c1ccc2cncn2c1)c1ccccc1. The van der Waals surface area contributed by atoms with Crippen molar-refractivity contribution in [3.63, 3.8) is 0 Å². The minimum atomic E-state index is -0.953. The first-order valence-corrected chi connectivity index (χ1v) is 9.88. The first-order chi connectivity index (χ1) is 14.7. The summed E-state index contributed by atoms with van der Waals surface area (Å²) in [6, 6.07) is 22.6. The van der Waals surface area contributed by atoms with Crippen LogP contribution in [0.1, 0.15) is 35.6 Å². The van der Waals surface area contributed by atoms with Crippen molar-refractivity contribution in [3.05, 3.63) is 114 Å². The normalized spacial score (nSPS) is 12.3. The van der Waals surface area contributed by atoms with Crippen molar-refractivity contribution in [1.29, 1.82) is 0 Å². The van der Waals surface area contributed by atoms with Crippen LogP contribution in [-0.2, 0) is 4.79 Å². The van der Waals surface area contributed by atoms with Gasteiger partial charge in [-0.25, -0.2) is 9.78 Å². The van der Waals surface area contributed by atoms with Crippen molar-refractivity contribution in [1.82, 2.24) is 9.38 Å². The predicted molar refractivity (Wildman–Crippen MR) is 121 cm³/mol. The van der Waals surface area contributed by atoms with Gasteiger partial charge in [-0.1, -0.05) is 67.6 Å². The third-order valence-electron chi connectivity index (χ3n) is 5.09. The van der Waals surface area contributed by atoms with Gasteiger partial charge in [-0.3, -0.25) is 0 Å². The van der Waals surface area contributed by atoms with Crippen LogP contribution >= 0.6 is 0 Å². The number of rotatable bonds is 6. The summed E-state index contributed by atoms with van der Waals surface area (Å²) in [4.78, 5) is 15.0. The average Bonchev–Trinajstić information content (AvgIpc) is 3.25. The molecule has 4 aromatic rings. The highest BCUT2D eigenvalue weighted by atomic mass is 16.4. The molecule has 4 nitrogen and oxygen atoms in total. The van der Waals surface area contributed by atoms with Gasteiger partial charge in [-0.15, -0.1) is 0 Å². The van der Waals surface area contributed by atoms with Crippen LogP contribution in [0.15, 0.2) is 91.5 Å². The molecule has 0 amide bonds. The van der Waals surface area contributed by atoms with E-state index in [0.717, 1.165) is 40.3 Å². The van der Waals surface area contributed by atoms with Crippen LogP contribution in [-0.4, -0.2) is 20.5 Å². The van der Waals surface area contributed by atoms with Gasteiger partial charge in [0, 0.05) is 12.3 Å². The van der Waals surface area contributed by atoms with Crippen LogP contribution in [0.25, 0.3) is 22.7 Å². The molecular weight excluding hydrogens is 372 g/mol. The largest absolute Gasteiger partial charge is 0.478 e. The Morgan fingerprint density at radius 1 is 0.967 bits per heavy atom. The molecule has 0 unspecified atom stereocenters. The lowest BCUT2D eigenvalue weighted by Gasteiger charge is -2.17. The summed E-state index contributed by atoms with van der Waals surface area (Å²) in [5, 5.41) is 8.86. The number of carboxylic acids is 1. The Kier molecular flexibility index (Phi) is 5.57. The van der Waals surface area contributed by atoms with Crippen molar-refractivity contribution in [2.24, 2.45) is 0 Å². The number of fused-ring (bicyclic) bond motifs is 1. The number of allylic oxidation sites excluding steroid dienone is 1. The molecule has 0 saturated heterocycles. The lowest BCUT2D eigenvalue weighted by atomic mass is 9.88. The van der Waals surface area contributed by atoms with Crippen molar-refractivity contribution < 1.29 is 9.90 Å². The summed E-state index contributed by atoms with van der Waals surface area (Å²) < 4.78 is 2.03. The second-order valence-electron chi connectivity index (χ2n) is 7.01. The average molecular weight is 394 g/mol. The Hall–Kier alpha value is -3.92. The molecule has 0 fully saturated rings. The molecule has 0 radical (unpaired) electrons. The van der Waals surface area contributed by atoms with E-state index in [-0.39, 0.29) is 0 Å². The highest BCUT2D eigenvalue weighted by Gasteiger charge is 2.13. The van der Waals surface area contributed by atoms with E-state index < -0.39 is 5.97 Å². The van der Waals surface area contributed by atoms with E-state index in [9.17, 15) is 4.79 Å². The molecule has 0 aliphatic rings. The van der Waals surface area contributed by atoms with Gasteiger partial charge in [0.2, 0.25) is 0 Å². The lowest BCUT2D eigenvalue weighted by Crippen LogP contribution is -1.97. The molecule has 2 heterocycles. The van der Waals surface area contributed by atoms with Gasteiger partial charge in [0.1, 0.15) is 0 Å². The van der Waals surface area contributed by atoms with E-state index in [1.807, 2.05) is 47.3 Å². The number of aromatic nitrogens is 2. The zero-order valence-electron chi connectivity index (χ0n) is 16.7. The number of pyridine rings is 1. The maximum atomic E-state index is 10.8. The highest BCUT2D eigenvalue weighted by molar-refractivity contribution is 5.98. The third-order valence-corrected chi connectivity index (χ3v) is 5.09. The van der Waals surface area contributed by atoms with Gasteiger partial charge in [-0.05, 0) is 52.0 Å². The molecule has 1 N–H and O–H groups in total. The Labute approximate surface area is 175 Å². The highest BCUT2D eigenvalue weighted by Crippen LogP contribution is 2.34. The van der Waals surface area contributed by atoms with Crippen LogP contribution < -0.4 is 0 Å². The summed E-state index contributed by atoms with van der Waals surface area (Å²) >= 11 is 0. The van der Waals surface area contributed by atoms with Crippen LogP contribution in [0, 0.1) is 0 Å². The predicted octanol–water partition coefficient (Wildman–Crippen LogP) is 5.80. The topological polar surface area (TPSA) is 54.6 Å². The number of benzene rings is 2. The van der Waals surface area contributed by atoms with Gasteiger partial charge in [0.05, 0.1) is 18.0 Å². The van der Waals surface area contributed by atoms with E-state index in [0.29, 0.717) is 0 Å². The van der Waals surface area contributed by atoms with Gasteiger partial charge in [0.15, 0.2) is 0 Å². The van der Waals surface area contributed by atoms with Crippen molar-refractivity contribution in [3.8, 4) is 0 Å². The van der Waals surface area contributed by atoms with Crippen molar-refractivity contribution in [2.75, 3.05) is 0 Å². The zero-order chi connectivity index (χ0) is 20.9.